The van der Waals surface area contributed by atoms with Gasteiger partial charge >= 0.3 is 6.03 Å². The number of rotatable bonds is 6. The third-order valence-electron chi connectivity index (χ3n) is 6.51. The Kier molecular flexibility index (Phi) is 5.79. The summed E-state index contributed by atoms with van der Waals surface area (Å²) >= 11 is 0. The van der Waals surface area contributed by atoms with Gasteiger partial charge in [-0.25, -0.2) is 14.8 Å². The first-order chi connectivity index (χ1) is 13.7. The average Bonchev–Trinajstić information content (AvgIpc) is 3.02. The van der Waals surface area contributed by atoms with Gasteiger partial charge in [0, 0.05) is 5.54 Å². The molecule has 1 aromatic heterocycles. The summed E-state index contributed by atoms with van der Waals surface area (Å²) in [7, 11) is 4.27. The zero-order chi connectivity index (χ0) is 21.2. The van der Waals surface area contributed by atoms with Crippen molar-refractivity contribution in [2.24, 2.45) is 5.73 Å². The van der Waals surface area contributed by atoms with E-state index in [4.69, 9.17) is 5.73 Å². The minimum atomic E-state index is -0.488. The van der Waals surface area contributed by atoms with Gasteiger partial charge in [0.2, 0.25) is 11.9 Å². The van der Waals surface area contributed by atoms with Gasteiger partial charge in [-0.3, -0.25) is 14.6 Å². The molecule has 0 aromatic carbocycles. The molecule has 4 N–H and O–H groups in total. The molecule has 158 valence electrons. The predicted octanol–water partition coefficient (Wildman–Crippen LogP) is 1.48. The molecule has 2 aliphatic rings. The zero-order valence-corrected chi connectivity index (χ0v) is 17.7. The van der Waals surface area contributed by atoms with Gasteiger partial charge in [-0.15, -0.1) is 0 Å². The first-order valence-corrected chi connectivity index (χ1v) is 9.96. The Morgan fingerprint density at radius 2 is 1.93 bits per heavy atom. The number of carbonyl (C=O) groups is 2. The van der Waals surface area contributed by atoms with Gasteiger partial charge in [0.05, 0.1) is 36.7 Å². The molecule has 1 aliphatic heterocycles. The number of hydrogen-bond donors (Lipinski definition) is 3. The molecule has 0 unspecified atom stereocenters. The van der Waals surface area contributed by atoms with Crippen LogP contribution < -0.4 is 21.3 Å². The lowest BCUT2D eigenvalue weighted by Gasteiger charge is -2.49. The molecule has 0 radical (unpaired) electrons. The predicted molar refractivity (Wildman–Crippen MR) is 113 cm³/mol. The zero-order valence-electron chi connectivity index (χ0n) is 17.7. The molecule has 1 aliphatic carbocycles. The molecule has 9 nitrogen and oxygen atoms in total. The van der Waals surface area contributed by atoms with Crippen LogP contribution in [0.1, 0.15) is 39.5 Å². The fraction of sp³-hybridized carbons (Fsp3) is 0.600. The fourth-order valence-corrected chi connectivity index (χ4v) is 4.52. The number of nitrogens with zero attached hydrogens (tertiary/aromatic N) is 4. The highest BCUT2D eigenvalue weighted by Crippen LogP contribution is 2.44. The summed E-state index contributed by atoms with van der Waals surface area (Å²) in [6.07, 6.45) is 9.20. The second-order valence-electron chi connectivity index (χ2n) is 8.28. The van der Waals surface area contributed by atoms with E-state index < -0.39 is 5.91 Å². The Morgan fingerprint density at radius 3 is 2.45 bits per heavy atom. The van der Waals surface area contributed by atoms with Crippen LogP contribution in [0.5, 0.6) is 0 Å². The number of urea groups is 1. The summed E-state index contributed by atoms with van der Waals surface area (Å²) in [5.74, 6) is -0.185. The number of likely N-dealkylation sites (N-methyl/N-ethyl adjacent to an activating group) is 1. The van der Waals surface area contributed by atoms with E-state index >= 15 is 0 Å². The van der Waals surface area contributed by atoms with E-state index in [1.807, 2.05) is 0 Å². The summed E-state index contributed by atoms with van der Waals surface area (Å²) in [4.78, 5) is 35.9. The van der Waals surface area contributed by atoms with E-state index in [2.05, 4.69) is 59.5 Å². The summed E-state index contributed by atoms with van der Waals surface area (Å²) < 4.78 is 0. The van der Waals surface area contributed by atoms with E-state index in [0.29, 0.717) is 18.2 Å². The largest absolute Gasteiger partial charge is 0.368 e. The number of nitrogens with two attached hydrogens (primary N) is 1. The molecule has 9 heteroatoms. The molecule has 3 amide bonds. The minimum absolute atomic E-state index is 0.0358. The fourth-order valence-electron chi connectivity index (χ4n) is 4.52. The molecule has 1 saturated carbocycles. The Bertz CT molecular complexity index is 796. The number of nitrogens with one attached hydrogen (secondary N) is 2. The van der Waals surface area contributed by atoms with Crippen LogP contribution in [0.3, 0.4) is 0 Å². The molecular weight excluding hydrogens is 370 g/mol. The maximum Gasteiger partial charge on any atom is 0.322 e. The standard InChI is InChI=1S/C20H31N7O2/c1-5-14(2)20(26(3)4)8-6-19(7-9-20)13-27(18(29)25-19)15-10-22-17(23-11-15)24-12-16(21)28/h5,10-11H,6-9,12-13H2,1-4H3,(H2,21,28)(H,25,29)(H,22,23,24)/b14-5+. The highest BCUT2D eigenvalue weighted by Gasteiger charge is 2.50. The first kappa shape index (κ1) is 21.0. The number of anilines is 2. The smallest absolute Gasteiger partial charge is 0.322 e. The second-order valence-corrected chi connectivity index (χ2v) is 8.28. The molecule has 0 bridgehead atoms. The van der Waals surface area contributed by atoms with E-state index in [1.165, 1.54) is 5.57 Å². The highest BCUT2D eigenvalue weighted by atomic mass is 16.2. The molecular formula is C20H31N7O2. The quantitative estimate of drug-likeness (QED) is 0.622. The van der Waals surface area contributed by atoms with Gasteiger partial charge in [0.15, 0.2) is 0 Å². The number of hydrogen-bond acceptors (Lipinski definition) is 6. The number of carbonyl (C=O) groups excluding carboxylic acids is 2. The number of allylic oxidation sites excluding steroid dienone is 1. The number of primary amides is 1. The molecule has 1 aromatic rings. The van der Waals surface area contributed by atoms with Crippen molar-refractivity contribution in [1.82, 2.24) is 20.2 Å². The third kappa shape index (κ3) is 4.05. The van der Waals surface area contributed by atoms with Crippen molar-refractivity contribution in [3.05, 3.63) is 24.0 Å². The molecule has 3 rings (SSSR count). The highest BCUT2D eigenvalue weighted by molar-refractivity contribution is 5.95. The van der Waals surface area contributed by atoms with Gasteiger partial charge in [0.25, 0.3) is 0 Å². The SMILES string of the molecule is C/C=C(\C)C1(N(C)C)CCC2(CC1)CN(c1cnc(NCC(N)=O)nc1)C(=O)N2. The van der Waals surface area contributed by atoms with Crippen molar-refractivity contribution in [2.75, 3.05) is 37.4 Å². The Morgan fingerprint density at radius 1 is 1.31 bits per heavy atom. The molecule has 2 fully saturated rings. The van der Waals surface area contributed by atoms with Crippen LogP contribution in [0.2, 0.25) is 0 Å². The number of amides is 3. The minimum Gasteiger partial charge on any atom is -0.368 e. The van der Waals surface area contributed by atoms with Gasteiger partial charge < -0.3 is 16.4 Å². The van der Waals surface area contributed by atoms with Crippen LogP contribution in [0.25, 0.3) is 0 Å². The van der Waals surface area contributed by atoms with Crippen LogP contribution in [-0.4, -0.2) is 65.1 Å². The lowest BCUT2D eigenvalue weighted by atomic mass is 9.69. The Balaban J connectivity index is 1.70. The summed E-state index contributed by atoms with van der Waals surface area (Å²) in [6.45, 7) is 4.85. The van der Waals surface area contributed by atoms with E-state index in [0.717, 1.165) is 25.7 Å². The van der Waals surface area contributed by atoms with Gasteiger partial charge in [-0.2, -0.15) is 0 Å². The lowest BCUT2D eigenvalue weighted by molar-refractivity contribution is -0.116. The van der Waals surface area contributed by atoms with Crippen molar-refractivity contribution in [3.63, 3.8) is 0 Å². The van der Waals surface area contributed by atoms with E-state index in [9.17, 15) is 9.59 Å². The van der Waals surface area contributed by atoms with Crippen molar-refractivity contribution in [1.29, 1.82) is 0 Å². The molecule has 29 heavy (non-hydrogen) atoms. The van der Waals surface area contributed by atoms with Crippen molar-refractivity contribution >= 4 is 23.6 Å². The van der Waals surface area contributed by atoms with Crippen molar-refractivity contribution in [2.45, 2.75) is 50.6 Å². The molecule has 1 saturated heterocycles. The lowest BCUT2D eigenvalue weighted by Crippen LogP contribution is -2.56. The molecule has 2 heterocycles. The first-order valence-electron chi connectivity index (χ1n) is 9.96. The topological polar surface area (TPSA) is 116 Å². The summed E-state index contributed by atoms with van der Waals surface area (Å²) in [5.41, 5.74) is 6.95. The second kappa shape index (κ2) is 7.98. The molecule has 1 spiro atoms. The maximum atomic E-state index is 12.7. The summed E-state index contributed by atoms with van der Waals surface area (Å²) in [6, 6.07) is -0.119. The summed E-state index contributed by atoms with van der Waals surface area (Å²) in [5, 5.41) is 5.96. The van der Waals surface area contributed by atoms with Crippen LogP contribution in [-0.2, 0) is 4.79 Å². The van der Waals surface area contributed by atoms with Crippen molar-refractivity contribution < 1.29 is 9.59 Å². The van der Waals surface area contributed by atoms with Crippen LogP contribution >= 0.6 is 0 Å². The third-order valence-corrected chi connectivity index (χ3v) is 6.51. The number of aromatic nitrogens is 2. The van der Waals surface area contributed by atoms with Gasteiger partial charge in [-0.1, -0.05) is 11.6 Å². The Labute approximate surface area is 171 Å². The normalized spacial score (nSPS) is 27.4. The monoisotopic (exact) mass is 401 g/mol. The van der Waals surface area contributed by atoms with Crippen LogP contribution in [0, 0.1) is 0 Å². The van der Waals surface area contributed by atoms with Crippen LogP contribution in [0.15, 0.2) is 24.0 Å². The van der Waals surface area contributed by atoms with Crippen LogP contribution in [0.4, 0.5) is 16.4 Å². The maximum absolute atomic E-state index is 12.7. The van der Waals surface area contributed by atoms with Crippen molar-refractivity contribution in [3.8, 4) is 0 Å². The van der Waals surface area contributed by atoms with Gasteiger partial charge in [-0.05, 0) is 53.6 Å². The van der Waals surface area contributed by atoms with E-state index in [1.54, 1.807) is 17.3 Å². The van der Waals surface area contributed by atoms with Gasteiger partial charge in [0.1, 0.15) is 0 Å². The average molecular weight is 402 g/mol. The van der Waals surface area contributed by atoms with E-state index in [-0.39, 0.29) is 23.7 Å². The Hall–Kier alpha value is -2.68. The molecule has 0 atom stereocenters.